The van der Waals surface area contributed by atoms with Crippen LogP contribution in [0.15, 0.2) is 23.1 Å². The zero-order valence-corrected chi connectivity index (χ0v) is 13.2. The van der Waals surface area contributed by atoms with Crippen LogP contribution in [-0.2, 0) is 10.0 Å². The molecule has 1 aromatic rings. The molecule has 0 saturated carbocycles. The third-order valence-electron chi connectivity index (χ3n) is 4.00. The summed E-state index contributed by atoms with van der Waals surface area (Å²) in [6, 6.07) is 5.23. The number of nitrogens with one attached hydrogen (secondary N) is 1. The standard InChI is InChI=1S/C13H16Cl2N2O2S/c14-9-1-4-12(15)13(7-9)20(18,19)17-6-5-10-2-3-11(8-17)16-10/h1,4,7,10-11,16H,2-3,5-6,8H2. The van der Waals surface area contributed by atoms with Gasteiger partial charge in [-0.15, -0.1) is 0 Å². The van der Waals surface area contributed by atoms with Crippen LogP contribution in [0.1, 0.15) is 19.3 Å². The summed E-state index contributed by atoms with van der Waals surface area (Å²) in [5.41, 5.74) is 0. The molecule has 110 valence electrons. The Balaban J connectivity index is 1.93. The molecule has 2 atom stereocenters. The molecular formula is C13H16Cl2N2O2S. The molecule has 1 N–H and O–H groups in total. The van der Waals surface area contributed by atoms with Gasteiger partial charge in [0, 0.05) is 30.2 Å². The van der Waals surface area contributed by atoms with E-state index in [1.807, 2.05) is 0 Å². The van der Waals surface area contributed by atoms with E-state index in [1.165, 1.54) is 16.4 Å². The Hall–Kier alpha value is -0.330. The Labute approximate surface area is 129 Å². The van der Waals surface area contributed by atoms with Crippen molar-refractivity contribution in [2.24, 2.45) is 0 Å². The van der Waals surface area contributed by atoms with Gasteiger partial charge in [-0.05, 0) is 37.5 Å². The van der Waals surface area contributed by atoms with Gasteiger partial charge in [0.25, 0.3) is 0 Å². The lowest BCUT2D eigenvalue weighted by Crippen LogP contribution is -2.39. The van der Waals surface area contributed by atoms with E-state index in [-0.39, 0.29) is 16.0 Å². The van der Waals surface area contributed by atoms with Crippen molar-refractivity contribution in [1.29, 1.82) is 0 Å². The van der Waals surface area contributed by atoms with Crippen LogP contribution < -0.4 is 5.32 Å². The summed E-state index contributed by atoms with van der Waals surface area (Å²) in [5, 5.41) is 4.06. The number of fused-ring (bicyclic) bond motifs is 2. The molecule has 7 heteroatoms. The summed E-state index contributed by atoms with van der Waals surface area (Å²) in [4.78, 5) is 0.101. The molecule has 2 aliphatic heterocycles. The number of sulfonamides is 1. The smallest absolute Gasteiger partial charge is 0.244 e. The van der Waals surface area contributed by atoms with Gasteiger partial charge in [0.05, 0.1) is 5.02 Å². The highest BCUT2D eigenvalue weighted by Crippen LogP contribution is 2.30. The average molecular weight is 335 g/mol. The first-order valence-corrected chi connectivity index (χ1v) is 8.87. The topological polar surface area (TPSA) is 49.4 Å². The van der Waals surface area contributed by atoms with E-state index in [0.29, 0.717) is 24.2 Å². The van der Waals surface area contributed by atoms with Crippen LogP contribution in [-0.4, -0.2) is 37.9 Å². The Morgan fingerprint density at radius 1 is 1.15 bits per heavy atom. The predicted molar refractivity (Wildman–Crippen MR) is 79.8 cm³/mol. The SMILES string of the molecule is O=S(=O)(c1cc(Cl)ccc1Cl)N1CCC2CCC(C1)N2. The van der Waals surface area contributed by atoms with Crippen molar-refractivity contribution in [1.82, 2.24) is 9.62 Å². The molecule has 2 saturated heterocycles. The number of hydrogen-bond acceptors (Lipinski definition) is 3. The first-order valence-electron chi connectivity index (χ1n) is 6.68. The third-order valence-corrected chi connectivity index (χ3v) is 6.58. The van der Waals surface area contributed by atoms with E-state index in [1.54, 1.807) is 6.07 Å². The molecule has 0 spiro atoms. The molecule has 0 radical (unpaired) electrons. The minimum Gasteiger partial charge on any atom is -0.310 e. The van der Waals surface area contributed by atoms with Crippen LogP contribution in [0, 0.1) is 0 Å². The summed E-state index contributed by atoms with van der Waals surface area (Å²) in [7, 11) is -3.58. The molecular weight excluding hydrogens is 319 g/mol. The second kappa shape index (κ2) is 5.46. The Bertz CT molecular complexity index is 621. The maximum Gasteiger partial charge on any atom is 0.244 e. The quantitative estimate of drug-likeness (QED) is 0.903. The normalized spacial score (nSPS) is 27.5. The molecule has 20 heavy (non-hydrogen) atoms. The molecule has 0 aromatic heterocycles. The van der Waals surface area contributed by atoms with Crippen LogP contribution >= 0.6 is 23.2 Å². The minimum absolute atomic E-state index is 0.101. The van der Waals surface area contributed by atoms with Crippen molar-refractivity contribution in [3.05, 3.63) is 28.2 Å². The largest absolute Gasteiger partial charge is 0.310 e. The van der Waals surface area contributed by atoms with E-state index in [2.05, 4.69) is 5.32 Å². The molecule has 2 heterocycles. The minimum atomic E-state index is -3.58. The lowest BCUT2D eigenvalue weighted by atomic mass is 10.1. The van der Waals surface area contributed by atoms with Crippen LogP contribution in [0.3, 0.4) is 0 Å². The highest BCUT2D eigenvalue weighted by molar-refractivity contribution is 7.89. The second-order valence-electron chi connectivity index (χ2n) is 5.36. The number of nitrogens with zero attached hydrogens (tertiary/aromatic N) is 1. The molecule has 2 unspecified atom stereocenters. The first-order chi connectivity index (χ1) is 9.46. The van der Waals surface area contributed by atoms with Gasteiger partial charge >= 0.3 is 0 Å². The lowest BCUT2D eigenvalue weighted by molar-refractivity contribution is 0.383. The third kappa shape index (κ3) is 2.70. The Kier molecular flexibility index (Phi) is 3.99. The van der Waals surface area contributed by atoms with Crippen molar-refractivity contribution >= 4 is 33.2 Å². The van der Waals surface area contributed by atoms with Crippen LogP contribution in [0.2, 0.25) is 10.0 Å². The molecule has 0 aliphatic carbocycles. The number of hydrogen-bond donors (Lipinski definition) is 1. The number of halogens is 2. The number of rotatable bonds is 2. The zero-order chi connectivity index (χ0) is 14.3. The van der Waals surface area contributed by atoms with Gasteiger partial charge < -0.3 is 5.32 Å². The summed E-state index contributed by atoms with van der Waals surface area (Å²) < 4.78 is 27.0. The van der Waals surface area contributed by atoms with Gasteiger partial charge in [0.1, 0.15) is 4.90 Å². The van der Waals surface area contributed by atoms with Gasteiger partial charge in [0.15, 0.2) is 0 Å². The predicted octanol–water partition coefficient (Wildman–Crippen LogP) is 2.51. The maximum absolute atomic E-state index is 12.7. The van der Waals surface area contributed by atoms with Crippen molar-refractivity contribution in [3.8, 4) is 0 Å². The Morgan fingerprint density at radius 3 is 2.70 bits per heavy atom. The second-order valence-corrected chi connectivity index (χ2v) is 8.11. The maximum atomic E-state index is 12.7. The molecule has 3 rings (SSSR count). The highest BCUT2D eigenvalue weighted by Gasteiger charge is 2.35. The van der Waals surface area contributed by atoms with Crippen LogP contribution in [0.5, 0.6) is 0 Å². The fraction of sp³-hybridized carbons (Fsp3) is 0.538. The van der Waals surface area contributed by atoms with Gasteiger partial charge in [-0.25, -0.2) is 8.42 Å². The van der Waals surface area contributed by atoms with Crippen molar-refractivity contribution in [3.63, 3.8) is 0 Å². The molecule has 2 bridgehead atoms. The average Bonchev–Trinajstić information content (AvgIpc) is 2.71. The van der Waals surface area contributed by atoms with E-state index in [9.17, 15) is 8.42 Å². The summed E-state index contributed by atoms with van der Waals surface area (Å²) in [6.07, 6.45) is 3.00. The van der Waals surface area contributed by atoms with E-state index < -0.39 is 10.0 Å². The monoisotopic (exact) mass is 334 g/mol. The summed E-state index contributed by atoms with van der Waals surface area (Å²) in [6.45, 7) is 1.03. The van der Waals surface area contributed by atoms with Crippen molar-refractivity contribution in [2.75, 3.05) is 13.1 Å². The molecule has 1 aromatic carbocycles. The zero-order valence-electron chi connectivity index (χ0n) is 10.9. The van der Waals surface area contributed by atoms with Crippen molar-refractivity contribution in [2.45, 2.75) is 36.2 Å². The molecule has 0 amide bonds. The van der Waals surface area contributed by atoms with Crippen LogP contribution in [0.4, 0.5) is 0 Å². The van der Waals surface area contributed by atoms with Gasteiger partial charge in [-0.2, -0.15) is 4.31 Å². The van der Waals surface area contributed by atoms with Gasteiger partial charge in [-0.3, -0.25) is 0 Å². The van der Waals surface area contributed by atoms with E-state index in [0.717, 1.165) is 19.3 Å². The van der Waals surface area contributed by atoms with Gasteiger partial charge in [-0.1, -0.05) is 23.2 Å². The summed E-state index contributed by atoms with van der Waals surface area (Å²) >= 11 is 11.9. The molecule has 2 aliphatic rings. The summed E-state index contributed by atoms with van der Waals surface area (Å²) in [5.74, 6) is 0. The lowest BCUT2D eigenvalue weighted by Gasteiger charge is -2.24. The fourth-order valence-corrected chi connectivity index (χ4v) is 5.18. The van der Waals surface area contributed by atoms with E-state index >= 15 is 0 Å². The van der Waals surface area contributed by atoms with E-state index in [4.69, 9.17) is 23.2 Å². The molecule has 4 nitrogen and oxygen atoms in total. The van der Waals surface area contributed by atoms with Crippen LogP contribution in [0.25, 0.3) is 0 Å². The first kappa shape index (κ1) is 14.6. The molecule has 2 fully saturated rings. The number of benzene rings is 1. The van der Waals surface area contributed by atoms with Crippen molar-refractivity contribution < 1.29 is 8.42 Å². The fourth-order valence-electron chi connectivity index (χ4n) is 2.94. The van der Waals surface area contributed by atoms with Gasteiger partial charge in [0.2, 0.25) is 10.0 Å². The Morgan fingerprint density at radius 2 is 1.90 bits per heavy atom. The highest BCUT2D eigenvalue weighted by atomic mass is 35.5.